The number of ether oxygens (including phenoxy) is 1. The lowest BCUT2D eigenvalue weighted by Gasteiger charge is -2.33. The third-order valence-corrected chi connectivity index (χ3v) is 6.39. The van der Waals surface area contributed by atoms with E-state index in [2.05, 4.69) is 20.4 Å². The first kappa shape index (κ1) is 20.3. The predicted molar refractivity (Wildman–Crippen MR) is 112 cm³/mol. The minimum Gasteiger partial charge on any atom is -0.468 e. The Hall–Kier alpha value is -2.58. The fraction of sp³-hybridized carbons (Fsp3) is 0.522. The van der Waals surface area contributed by atoms with Crippen molar-refractivity contribution in [1.29, 1.82) is 0 Å². The van der Waals surface area contributed by atoms with Crippen molar-refractivity contribution in [3.05, 3.63) is 65.6 Å². The minimum absolute atomic E-state index is 0.147. The Morgan fingerprint density at radius 1 is 1.10 bits per heavy atom. The molecule has 3 aromatic rings. The maximum Gasteiger partial charge on any atom is 0.173 e. The predicted octanol–water partition coefficient (Wildman–Crippen LogP) is 4.29. The average Bonchev–Trinajstić information content (AvgIpc) is 3.57. The molecule has 0 spiro atoms. The van der Waals surface area contributed by atoms with E-state index in [0.29, 0.717) is 12.6 Å². The van der Waals surface area contributed by atoms with Crippen molar-refractivity contribution in [2.24, 2.45) is 0 Å². The Labute approximate surface area is 181 Å². The van der Waals surface area contributed by atoms with Crippen LogP contribution in [-0.2, 0) is 11.3 Å². The number of hydrogen-bond acceptors (Lipinski definition) is 6. The highest BCUT2D eigenvalue weighted by Crippen LogP contribution is 2.35. The zero-order valence-electron chi connectivity index (χ0n) is 17.6. The van der Waals surface area contributed by atoms with Gasteiger partial charge in [0.15, 0.2) is 5.82 Å². The quantitative estimate of drug-likeness (QED) is 0.536. The van der Waals surface area contributed by atoms with Crippen LogP contribution in [0.5, 0.6) is 0 Å². The van der Waals surface area contributed by atoms with Gasteiger partial charge in [-0.05, 0) is 65.9 Å². The van der Waals surface area contributed by atoms with Gasteiger partial charge in [0.1, 0.15) is 11.6 Å². The second kappa shape index (κ2) is 9.28. The molecular weight excluding hydrogens is 397 g/mol. The number of nitrogens with zero attached hydrogens (tertiary/aromatic N) is 5. The summed E-state index contributed by atoms with van der Waals surface area (Å²) < 4.78 is 27.4. The highest BCUT2D eigenvalue weighted by molar-refractivity contribution is 5.26. The Bertz CT molecular complexity index is 947. The first-order valence-electron chi connectivity index (χ1n) is 11.2. The van der Waals surface area contributed by atoms with Crippen molar-refractivity contribution >= 4 is 0 Å². The first-order chi connectivity index (χ1) is 15.3. The largest absolute Gasteiger partial charge is 0.468 e. The van der Waals surface area contributed by atoms with Crippen molar-refractivity contribution in [3.8, 4) is 0 Å². The number of tetrazole rings is 1. The third kappa shape index (κ3) is 4.55. The molecule has 1 aliphatic heterocycles. The SMILES string of the molecule is Fc1ccc([C@H](c2nnnn2C2CCCC2)N(Cc2ccco2)C[C@@H]2CCCO2)cc1. The molecular formula is C23H28FN5O2. The standard InChI is InChI=1S/C23H28FN5O2/c24-18-11-9-17(10-12-18)22(23-25-26-27-29(23)19-5-1-2-6-19)28(15-20-7-3-13-30-20)16-21-8-4-14-31-21/h3,7,9-13,19,21-22H,1-2,4-6,8,14-16H2/t21-,22+/m0/s1. The summed E-state index contributed by atoms with van der Waals surface area (Å²) in [6.07, 6.45) is 8.48. The molecule has 3 heterocycles. The second-order valence-electron chi connectivity index (χ2n) is 8.52. The van der Waals surface area contributed by atoms with Crippen molar-refractivity contribution in [2.45, 2.75) is 63.3 Å². The summed E-state index contributed by atoms with van der Waals surface area (Å²) in [7, 11) is 0. The number of aromatic nitrogens is 4. The Balaban J connectivity index is 1.55. The van der Waals surface area contributed by atoms with E-state index in [1.165, 1.54) is 25.0 Å². The molecule has 0 radical (unpaired) electrons. The van der Waals surface area contributed by atoms with E-state index in [4.69, 9.17) is 9.15 Å². The van der Waals surface area contributed by atoms with Crippen LogP contribution in [0.2, 0.25) is 0 Å². The molecule has 0 amide bonds. The summed E-state index contributed by atoms with van der Waals surface area (Å²) in [5, 5.41) is 12.9. The van der Waals surface area contributed by atoms with Crippen LogP contribution >= 0.6 is 0 Å². The lowest BCUT2D eigenvalue weighted by molar-refractivity contribution is 0.0543. The van der Waals surface area contributed by atoms with Crippen molar-refractivity contribution < 1.29 is 13.5 Å². The molecule has 2 aliphatic rings. The Kier molecular flexibility index (Phi) is 6.08. The van der Waals surface area contributed by atoms with Gasteiger partial charge < -0.3 is 9.15 Å². The van der Waals surface area contributed by atoms with E-state index in [1.807, 2.05) is 28.9 Å². The smallest absolute Gasteiger partial charge is 0.173 e. The van der Waals surface area contributed by atoms with Gasteiger partial charge in [-0.1, -0.05) is 25.0 Å². The first-order valence-corrected chi connectivity index (χ1v) is 11.2. The molecule has 7 nitrogen and oxygen atoms in total. The van der Waals surface area contributed by atoms with Crippen LogP contribution in [0.1, 0.15) is 67.8 Å². The molecule has 1 aromatic carbocycles. The van der Waals surface area contributed by atoms with Gasteiger partial charge in [0.05, 0.1) is 31.0 Å². The molecule has 1 aliphatic carbocycles. The molecule has 0 N–H and O–H groups in total. The van der Waals surface area contributed by atoms with Crippen LogP contribution in [0, 0.1) is 5.82 Å². The molecule has 0 unspecified atom stereocenters. The van der Waals surface area contributed by atoms with Crippen molar-refractivity contribution in [2.75, 3.05) is 13.2 Å². The number of benzene rings is 1. The number of furan rings is 1. The highest BCUT2D eigenvalue weighted by atomic mass is 19.1. The van der Waals surface area contributed by atoms with Crippen molar-refractivity contribution in [3.63, 3.8) is 0 Å². The highest BCUT2D eigenvalue weighted by Gasteiger charge is 2.33. The van der Waals surface area contributed by atoms with Gasteiger partial charge in [0, 0.05) is 13.2 Å². The number of halogens is 1. The van der Waals surface area contributed by atoms with E-state index in [1.54, 1.807) is 6.26 Å². The van der Waals surface area contributed by atoms with Crippen LogP contribution < -0.4 is 0 Å². The fourth-order valence-corrected chi connectivity index (χ4v) is 4.87. The Morgan fingerprint density at radius 2 is 1.94 bits per heavy atom. The monoisotopic (exact) mass is 425 g/mol. The summed E-state index contributed by atoms with van der Waals surface area (Å²) in [4.78, 5) is 2.30. The maximum absolute atomic E-state index is 13.8. The maximum atomic E-state index is 13.8. The van der Waals surface area contributed by atoms with Gasteiger partial charge in [-0.15, -0.1) is 5.10 Å². The van der Waals surface area contributed by atoms with Crippen LogP contribution in [-0.4, -0.2) is 44.4 Å². The second-order valence-corrected chi connectivity index (χ2v) is 8.52. The molecule has 5 rings (SSSR count). The van der Waals surface area contributed by atoms with E-state index >= 15 is 0 Å². The zero-order valence-corrected chi connectivity index (χ0v) is 17.6. The summed E-state index contributed by atoms with van der Waals surface area (Å²) in [5.74, 6) is 1.41. The van der Waals surface area contributed by atoms with E-state index in [-0.39, 0.29) is 18.0 Å². The normalized spacial score (nSPS) is 20.6. The number of rotatable bonds is 8. The van der Waals surface area contributed by atoms with Crippen LogP contribution in [0.4, 0.5) is 4.39 Å². The van der Waals surface area contributed by atoms with Crippen molar-refractivity contribution in [1.82, 2.24) is 25.1 Å². The van der Waals surface area contributed by atoms with Crippen LogP contribution in [0.15, 0.2) is 47.1 Å². The minimum atomic E-state index is -0.255. The van der Waals surface area contributed by atoms with Gasteiger partial charge in [-0.2, -0.15) is 0 Å². The molecule has 31 heavy (non-hydrogen) atoms. The zero-order chi connectivity index (χ0) is 21.0. The fourth-order valence-electron chi connectivity index (χ4n) is 4.87. The molecule has 1 saturated heterocycles. The van der Waals surface area contributed by atoms with Crippen LogP contribution in [0.3, 0.4) is 0 Å². The topological polar surface area (TPSA) is 69.2 Å². The van der Waals surface area contributed by atoms with Gasteiger partial charge in [-0.25, -0.2) is 9.07 Å². The molecule has 8 heteroatoms. The third-order valence-electron chi connectivity index (χ3n) is 6.39. The van der Waals surface area contributed by atoms with E-state index in [9.17, 15) is 4.39 Å². The summed E-state index contributed by atoms with van der Waals surface area (Å²) in [6.45, 7) is 2.10. The Morgan fingerprint density at radius 3 is 2.65 bits per heavy atom. The van der Waals surface area contributed by atoms with Crippen LogP contribution in [0.25, 0.3) is 0 Å². The van der Waals surface area contributed by atoms with E-state index < -0.39 is 0 Å². The summed E-state index contributed by atoms with van der Waals surface area (Å²) in [5.41, 5.74) is 0.958. The van der Waals surface area contributed by atoms with Gasteiger partial charge in [0.2, 0.25) is 0 Å². The van der Waals surface area contributed by atoms with Gasteiger partial charge >= 0.3 is 0 Å². The molecule has 2 aromatic heterocycles. The molecule has 2 fully saturated rings. The summed E-state index contributed by atoms with van der Waals surface area (Å²) >= 11 is 0. The van der Waals surface area contributed by atoms with Gasteiger partial charge in [0.25, 0.3) is 0 Å². The molecule has 0 bridgehead atoms. The van der Waals surface area contributed by atoms with Gasteiger partial charge in [-0.3, -0.25) is 4.90 Å². The molecule has 164 valence electrons. The average molecular weight is 426 g/mol. The lowest BCUT2D eigenvalue weighted by atomic mass is 10.0. The van der Waals surface area contributed by atoms with E-state index in [0.717, 1.165) is 56.0 Å². The number of hydrogen-bond donors (Lipinski definition) is 0. The molecule has 2 atom stereocenters. The lowest BCUT2D eigenvalue weighted by Crippen LogP contribution is -2.37. The summed E-state index contributed by atoms with van der Waals surface area (Å²) in [6, 6.07) is 10.6. The molecule has 1 saturated carbocycles.